The third-order valence-electron chi connectivity index (χ3n) is 3.47. The molecule has 3 aromatic carbocycles. The quantitative estimate of drug-likeness (QED) is 0.713. The molecule has 116 valence electrons. The number of nitrogens with zero attached hydrogens (tertiary/aromatic N) is 1. The van der Waals surface area contributed by atoms with Crippen LogP contribution in [0.2, 0.25) is 0 Å². The fraction of sp³-hybridized carbons (Fsp3) is 0. The lowest BCUT2D eigenvalue weighted by molar-refractivity contribution is 0.387. The minimum atomic E-state index is -4.39. The Hall–Kier alpha value is -2.39. The van der Waals surface area contributed by atoms with Crippen LogP contribution < -0.4 is 10.2 Å². The zero-order chi connectivity index (χ0) is 16.3. The van der Waals surface area contributed by atoms with Gasteiger partial charge >= 0.3 is 7.60 Å². The molecule has 3 rings (SSSR count). The maximum absolute atomic E-state index is 11.9. The summed E-state index contributed by atoms with van der Waals surface area (Å²) in [7, 11) is -4.39. The van der Waals surface area contributed by atoms with E-state index in [0.29, 0.717) is 5.69 Å². The Labute approximate surface area is 134 Å². The predicted octanol–water partition coefficient (Wildman–Crippen LogP) is 3.96. The lowest BCUT2D eigenvalue weighted by Crippen LogP contribution is -2.19. The smallest absolute Gasteiger partial charge is 0.321 e. The Morgan fingerprint density at radius 2 is 1.09 bits per heavy atom. The third kappa shape index (κ3) is 3.35. The molecule has 0 aromatic heterocycles. The molecule has 0 radical (unpaired) electrons. The van der Waals surface area contributed by atoms with Crippen LogP contribution in [0.15, 0.2) is 84.9 Å². The van der Waals surface area contributed by atoms with Crippen LogP contribution in [-0.4, -0.2) is 9.79 Å². The molecule has 0 aliphatic rings. The van der Waals surface area contributed by atoms with Crippen molar-refractivity contribution >= 4 is 30.0 Å². The van der Waals surface area contributed by atoms with Crippen LogP contribution in [0, 0.1) is 0 Å². The monoisotopic (exact) mass is 325 g/mol. The second-order valence-corrected chi connectivity index (χ2v) is 6.61. The molecule has 0 spiro atoms. The van der Waals surface area contributed by atoms with E-state index in [1.165, 1.54) is 6.07 Å². The molecule has 3 aromatic rings. The number of anilines is 3. The van der Waals surface area contributed by atoms with Gasteiger partial charge in [-0.05, 0) is 36.4 Å². The summed E-state index contributed by atoms with van der Waals surface area (Å²) in [4.78, 5) is 21.2. The van der Waals surface area contributed by atoms with Gasteiger partial charge in [0.15, 0.2) is 0 Å². The van der Waals surface area contributed by atoms with Crippen molar-refractivity contribution in [1.29, 1.82) is 0 Å². The molecule has 0 unspecified atom stereocenters. The molecule has 23 heavy (non-hydrogen) atoms. The average Bonchev–Trinajstić information content (AvgIpc) is 2.57. The van der Waals surface area contributed by atoms with Gasteiger partial charge < -0.3 is 14.7 Å². The van der Waals surface area contributed by atoms with Crippen molar-refractivity contribution in [3.63, 3.8) is 0 Å². The van der Waals surface area contributed by atoms with Crippen molar-refractivity contribution in [2.45, 2.75) is 0 Å². The summed E-state index contributed by atoms with van der Waals surface area (Å²) in [6, 6.07) is 25.6. The van der Waals surface area contributed by atoms with Crippen LogP contribution in [0.4, 0.5) is 17.1 Å². The first-order valence-electron chi connectivity index (χ1n) is 7.13. The largest absolute Gasteiger partial charge is 0.358 e. The highest BCUT2D eigenvalue weighted by Gasteiger charge is 2.25. The first-order valence-corrected chi connectivity index (χ1v) is 8.74. The molecule has 4 nitrogen and oxygen atoms in total. The highest BCUT2D eigenvalue weighted by molar-refractivity contribution is 7.60. The Balaban J connectivity index is 2.24. The minimum absolute atomic E-state index is 0.00714. The number of para-hydroxylation sites is 3. The lowest BCUT2D eigenvalue weighted by Gasteiger charge is -2.27. The standard InChI is InChI=1S/C18H16NO3P/c20-23(21,22)18-14-8-7-13-17(18)19(15-9-3-1-4-10-15)16-11-5-2-6-12-16/h1-14H,(H2,20,21,22). The van der Waals surface area contributed by atoms with Gasteiger partial charge in [-0.25, -0.2) is 0 Å². The van der Waals surface area contributed by atoms with E-state index in [0.717, 1.165) is 11.4 Å². The third-order valence-corrected chi connectivity index (χ3v) is 4.47. The molecular weight excluding hydrogens is 309 g/mol. The van der Waals surface area contributed by atoms with Crippen molar-refractivity contribution < 1.29 is 14.4 Å². The first kappa shape index (κ1) is 15.5. The summed E-state index contributed by atoms with van der Waals surface area (Å²) in [5.41, 5.74) is 2.14. The molecule has 0 bridgehead atoms. The maximum Gasteiger partial charge on any atom is 0.358 e. The summed E-state index contributed by atoms with van der Waals surface area (Å²) in [6.45, 7) is 0. The Morgan fingerprint density at radius 1 is 0.652 bits per heavy atom. The Bertz CT molecular complexity index is 792. The summed E-state index contributed by atoms with van der Waals surface area (Å²) in [6.07, 6.45) is 0. The van der Waals surface area contributed by atoms with Gasteiger partial charge in [0, 0.05) is 11.4 Å². The van der Waals surface area contributed by atoms with Crippen LogP contribution in [0.1, 0.15) is 0 Å². The van der Waals surface area contributed by atoms with Crippen LogP contribution in [0.3, 0.4) is 0 Å². The molecule has 2 N–H and O–H groups in total. The van der Waals surface area contributed by atoms with E-state index >= 15 is 0 Å². The van der Waals surface area contributed by atoms with Gasteiger partial charge in [0.05, 0.1) is 11.0 Å². The fourth-order valence-electron chi connectivity index (χ4n) is 2.48. The number of hydrogen-bond donors (Lipinski definition) is 2. The highest BCUT2D eigenvalue weighted by Crippen LogP contribution is 2.41. The van der Waals surface area contributed by atoms with Gasteiger partial charge in [-0.3, -0.25) is 4.57 Å². The van der Waals surface area contributed by atoms with Crippen molar-refractivity contribution in [3.8, 4) is 0 Å². The Morgan fingerprint density at radius 3 is 1.57 bits per heavy atom. The van der Waals surface area contributed by atoms with E-state index in [9.17, 15) is 14.4 Å². The van der Waals surface area contributed by atoms with Crippen LogP contribution >= 0.6 is 7.60 Å². The van der Waals surface area contributed by atoms with Crippen molar-refractivity contribution in [3.05, 3.63) is 84.9 Å². The van der Waals surface area contributed by atoms with Gasteiger partial charge in [0.2, 0.25) is 0 Å². The van der Waals surface area contributed by atoms with E-state index < -0.39 is 7.60 Å². The van der Waals surface area contributed by atoms with E-state index in [-0.39, 0.29) is 5.30 Å². The number of benzene rings is 3. The van der Waals surface area contributed by atoms with Gasteiger partial charge in [0.1, 0.15) is 0 Å². The maximum atomic E-state index is 11.9. The highest BCUT2D eigenvalue weighted by atomic mass is 31.2. The average molecular weight is 325 g/mol. The van der Waals surface area contributed by atoms with Gasteiger partial charge in [-0.2, -0.15) is 0 Å². The predicted molar refractivity (Wildman–Crippen MR) is 92.8 cm³/mol. The summed E-state index contributed by atoms with van der Waals surface area (Å²) >= 11 is 0. The van der Waals surface area contributed by atoms with E-state index in [1.54, 1.807) is 18.2 Å². The molecule has 0 aliphatic carbocycles. The van der Waals surface area contributed by atoms with Crippen molar-refractivity contribution in [2.75, 3.05) is 4.90 Å². The molecular formula is C18H16NO3P. The van der Waals surface area contributed by atoms with Crippen molar-refractivity contribution in [2.24, 2.45) is 0 Å². The second-order valence-electron chi connectivity index (χ2n) is 5.04. The van der Waals surface area contributed by atoms with Gasteiger partial charge in [0.25, 0.3) is 0 Å². The Kier molecular flexibility index (Phi) is 4.30. The molecule has 5 heteroatoms. The summed E-state index contributed by atoms with van der Waals surface area (Å²) < 4.78 is 11.9. The number of rotatable bonds is 4. The van der Waals surface area contributed by atoms with E-state index in [2.05, 4.69) is 0 Å². The summed E-state index contributed by atoms with van der Waals surface area (Å²) in [5.74, 6) is 0. The normalized spacial score (nSPS) is 11.2. The lowest BCUT2D eigenvalue weighted by atomic mass is 10.2. The molecule has 0 saturated carbocycles. The zero-order valence-electron chi connectivity index (χ0n) is 12.3. The van der Waals surface area contributed by atoms with Crippen LogP contribution in [0.5, 0.6) is 0 Å². The van der Waals surface area contributed by atoms with Crippen molar-refractivity contribution in [1.82, 2.24) is 0 Å². The van der Waals surface area contributed by atoms with Gasteiger partial charge in [-0.15, -0.1) is 0 Å². The van der Waals surface area contributed by atoms with E-state index in [4.69, 9.17) is 0 Å². The van der Waals surface area contributed by atoms with Crippen LogP contribution in [-0.2, 0) is 4.57 Å². The molecule has 0 atom stereocenters. The summed E-state index contributed by atoms with van der Waals surface area (Å²) in [5, 5.41) is 0.00714. The van der Waals surface area contributed by atoms with Gasteiger partial charge in [-0.1, -0.05) is 48.5 Å². The fourth-order valence-corrected chi connectivity index (χ4v) is 3.23. The van der Waals surface area contributed by atoms with Crippen LogP contribution in [0.25, 0.3) is 0 Å². The molecule has 0 saturated heterocycles. The van der Waals surface area contributed by atoms with E-state index in [1.807, 2.05) is 65.6 Å². The zero-order valence-corrected chi connectivity index (χ0v) is 13.2. The topological polar surface area (TPSA) is 60.8 Å². The molecule has 0 amide bonds. The molecule has 0 aliphatic heterocycles. The SMILES string of the molecule is O=P(O)(O)c1ccccc1N(c1ccccc1)c1ccccc1. The molecule has 0 heterocycles. The minimum Gasteiger partial charge on any atom is -0.321 e. The second kappa shape index (κ2) is 6.39. The number of hydrogen-bond acceptors (Lipinski definition) is 2. The first-order chi connectivity index (χ1) is 11.1. The molecule has 0 fully saturated rings.